The van der Waals surface area contributed by atoms with E-state index in [0.717, 1.165) is 63.4 Å². The van der Waals surface area contributed by atoms with E-state index in [9.17, 15) is 0 Å². The van der Waals surface area contributed by atoms with Gasteiger partial charge >= 0.3 is 0 Å². The minimum absolute atomic E-state index is 0. The molecule has 1 aliphatic carbocycles. The fourth-order valence-corrected chi connectivity index (χ4v) is 4.28. The van der Waals surface area contributed by atoms with Crippen LogP contribution in [0, 0.1) is 11.8 Å². The van der Waals surface area contributed by atoms with Gasteiger partial charge in [-0.25, -0.2) is 0 Å². The molecule has 5 nitrogen and oxygen atoms in total. The monoisotopic (exact) mass is 451 g/mol. The van der Waals surface area contributed by atoms with E-state index in [2.05, 4.69) is 15.2 Å². The first-order valence-corrected chi connectivity index (χ1v) is 9.51. The molecule has 0 bridgehead atoms. The zero-order valence-electron chi connectivity index (χ0n) is 15.0. The van der Waals surface area contributed by atoms with Crippen molar-refractivity contribution >= 4 is 29.9 Å². The number of rotatable bonds is 5. The van der Waals surface area contributed by atoms with E-state index >= 15 is 0 Å². The minimum atomic E-state index is 0. The molecule has 24 heavy (non-hydrogen) atoms. The predicted molar refractivity (Wildman–Crippen MR) is 108 cm³/mol. The summed E-state index contributed by atoms with van der Waals surface area (Å²) in [7, 11) is 1.91. The molecule has 2 saturated heterocycles. The lowest BCUT2D eigenvalue weighted by atomic mass is 9.82. The Kier molecular flexibility index (Phi) is 9.11. The first-order valence-electron chi connectivity index (χ1n) is 9.51. The Morgan fingerprint density at radius 1 is 1.12 bits per heavy atom. The first-order chi connectivity index (χ1) is 11.4. The molecule has 0 amide bonds. The third-order valence-corrected chi connectivity index (χ3v) is 5.61. The van der Waals surface area contributed by atoms with Crippen LogP contribution in [0.4, 0.5) is 0 Å². The number of fused-ring (bicyclic) bond motifs is 1. The van der Waals surface area contributed by atoms with Crippen LogP contribution in [0.15, 0.2) is 4.99 Å². The lowest BCUT2D eigenvalue weighted by Gasteiger charge is -2.23. The van der Waals surface area contributed by atoms with Gasteiger partial charge in [0.05, 0.1) is 6.10 Å². The highest BCUT2D eigenvalue weighted by molar-refractivity contribution is 14.0. The van der Waals surface area contributed by atoms with Gasteiger partial charge in [-0.15, -0.1) is 24.0 Å². The van der Waals surface area contributed by atoms with Crippen LogP contribution in [0.5, 0.6) is 0 Å². The average Bonchev–Trinajstić information content (AvgIpc) is 3.03. The Balaban J connectivity index is 0.00000208. The Morgan fingerprint density at radius 3 is 2.42 bits per heavy atom. The quantitative estimate of drug-likeness (QED) is 0.302. The topological polar surface area (TPSA) is 46.1 Å². The van der Waals surface area contributed by atoms with Crippen molar-refractivity contribution in [3.63, 3.8) is 0 Å². The van der Waals surface area contributed by atoms with E-state index < -0.39 is 0 Å². The third-order valence-electron chi connectivity index (χ3n) is 5.61. The van der Waals surface area contributed by atoms with Crippen LogP contribution >= 0.6 is 24.0 Å². The molecule has 2 heterocycles. The number of nitrogens with zero attached hydrogens (tertiary/aromatic N) is 2. The summed E-state index contributed by atoms with van der Waals surface area (Å²) in [4.78, 5) is 6.96. The lowest BCUT2D eigenvalue weighted by Crippen LogP contribution is -2.41. The van der Waals surface area contributed by atoms with Gasteiger partial charge in [0.25, 0.3) is 0 Å². The second kappa shape index (κ2) is 10.8. The Labute approximate surface area is 164 Å². The molecule has 2 aliphatic heterocycles. The summed E-state index contributed by atoms with van der Waals surface area (Å²) in [6.07, 6.45) is 9.21. The van der Waals surface area contributed by atoms with Gasteiger partial charge in [0.15, 0.2) is 5.96 Å². The van der Waals surface area contributed by atoms with E-state index in [4.69, 9.17) is 9.47 Å². The summed E-state index contributed by atoms with van der Waals surface area (Å²) < 4.78 is 11.3. The molecule has 1 saturated carbocycles. The molecule has 140 valence electrons. The maximum atomic E-state index is 5.93. The van der Waals surface area contributed by atoms with Crippen molar-refractivity contribution in [2.75, 3.05) is 46.5 Å². The number of likely N-dealkylation sites (tertiary alicyclic amines) is 1. The molecule has 0 aromatic rings. The largest absolute Gasteiger partial charge is 0.381 e. The molecule has 2 unspecified atom stereocenters. The molecular weight excluding hydrogens is 417 g/mol. The maximum Gasteiger partial charge on any atom is 0.193 e. The van der Waals surface area contributed by atoms with Gasteiger partial charge in [-0.1, -0.05) is 12.8 Å². The van der Waals surface area contributed by atoms with Crippen molar-refractivity contribution in [2.24, 2.45) is 16.8 Å². The summed E-state index contributed by atoms with van der Waals surface area (Å²) in [5, 5.41) is 3.53. The summed E-state index contributed by atoms with van der Waals surface area (Å²) >= 11 is 0. The second-order valence-corrected chi connectivity index (χ2v) is 7.22. The lowest BCUT2D eigenvalue weighted by molar-refractivity contribution is -0.0320. The summed E-state index contributed by atoms with van der Waals surface area (Å²) in [6, 6.07) is 0. The molecular formula is C18H34IN3O2. The normalized spacial score (nSPS) is 28.4. The highest BCUT2D eigenvalue weighted by Gasteiger charge is 2.35. The highest BCUT2D eigenvalue weighted by Crippen LogP contribution is 2.35. The Morgan fingerprint density at radius 2 is 1.79 bits per heavy atom. The molecule has 0 radical (unpaired) electrons. The number of hydrogen-bond donors (Lipinski definition) is 1. The van der Waals surface area contributed by atoms with Crippen LogP contribution in [0.25, 0.3) is 0 Å². The van der Waals surface area contributed by atoms with Crippen LogP contribution in [0.1, 0.15) is 44.9 Å². The van der Waals surface area contributed by atoms with Gasteiger partial charge in [0, 0.05) is 46.5 Å². The van der Waals surface area contributed by atoms with Gasteiger partial charge in [0.2, 0.25) is 0 Å². The summed E-state index contributed by atoms with van der Waals surface area (Å²) in [5.74, 6) is 2.89. The van der Waals surface area contributed by atoms with Crippen LogP contribution in [0.2, 0.25) is 0 Å². The van der Waals surface area contributed by atoms with Crippen LogP contribution < -0.4 is 5.32 Å². The Hall–Kier alpha value is -0.0800. The molecule has 3 aliphatic rings. The fraction of sp³-hybridized carbons (Fsp3) is 0.944. The maximum absolute atomic E-state index is 5.93. The highest BCUT2D eigenvalue weighted by atomic mass is 127. The van der Waals surface area contributed by atoms with Crippen LogP contribution in [0.3, 0.4) is 0 Å². The van der Waals surface area contributed by atoms with E-state index in [1.165, 1.54) is 38.8 Å². The van der Waals surface area contributed by atoms with Gasteiger partial charge in [0.1, 0.15) is 0 Å². The first kappa shape index (κ1) is 20.2. The van der Waals surface area contributed by atoms with Gasteiger partial charge < -0.3 is 19.7 Å². The van der Waals surface area contributed by atoms with E-state index in [-0.39, 0.29) is 24.0 Å². The van der Waals surface area contributed by atoms with Crippen molar-refractivity contribution in [2.45, 2.75) is 51.0 Å². The predicted octanol–water partition coefficient (Wildman–Crippen LogP) is 2.89. The number of hydrogen-bond acceptors (Lipinski definition) is 3. The molecule has 1 N–H and O–H groups in total. The number of halogens is 1. The number of guanidine groups is 1. The average molecular weight is 451 g/mol. The number of ether oxygens (including phenoxy) is 2. The zero-order chi connectivity index (χ0) is 15.9. The van der Waals surface area contributed by atoms with E-state index in [0.29, 0.717) is 6.10 Å². The number of nitrogens with one attached hydrogen (secondary N) is 1. The molecule has 2 atom stereocenters. The van der Waals surface area contributed by atoms with Crippen molar-refractivity contribution in [3.05, 3.63) is 0 Å². The van der Waals surface area contributed by atoms with Crippen LogP contribution in [-0.2, 0) is 9.47 Å². The number of aliphatic imine (C=N–C) groups is 1. The van der Waals surface area contributed by atoms with E-state index in [1.807, 2.05) is 7.05 Å². The van der Waals surface area contributed by atoms with Crippen molar-refractivity contribution < 1.29 is 9.47 Å². The molecule has 0 aromatic carbocycles. The van der Waals surface area contributed by atoms with Crippen LogP contribution in [-0.4, -0.2) is 63.5 Å². The molecule has 3 rings (SSSR count). The van der Waals surface area contributed by atoms with Crippen molar-refractivity contribution in [1.29, 1.82) is 0 Å². The summed E-state index contributed by atoms with van der Waals surface area (Å²) in [5.41, 5.74) is 0. The second-order valence-electron chi connectivity index (χ2n) is 7.22. The molecule has 6 heteroatoms. The zero-order valence-corrected chi connectivity index (χ0v) is 17.4. The summed E-state index contributed by atoms with van der Waals surface area (Å²) in [6.45, 7) is 5.88. The standard InChI is InChI=1S/C18H33N3O2.HI/c1-19-18(21-13-15-5-2-3-6-16(15)14-21)20-9-4-10-23-17-7-11-22-12-8-17;/h15-17H,2-14H2,1H3,(H,19,20);1H. The Bertz CT molecular complexity index is 374. The van der Waals surface area contributed by atoms with E-state index in [1.54, 1.807) is 0 Å². The fourth-order valence-electron chi connectivity index (χ4n) is 4.28. The van der Waals surface area contributed by atoms with Crippen molar-refractivity contribution in [1.82, 2.24) is 10.2 Å². The molecule has 0 aromatic heterocycles. The van der Waals surface area contributed by atoms with Gasteiger partial charge in [-0.05, 0) is 43.9 Å². The third kappa shape index (κ3) is 5.73. The minimum Gasteiger partial charge on any atom is -0.381 e. The van der Waals surface area contributed by atoms with Gasteiger partial charge in [-0.3, -0.25) is 4.99 Å². The van der Waals surface area contributed by atoms with Crippen molar-refractivity contribution in [3.8, 4) is 0 Å². The molecule has 0 spiro atoms. The van der Waals surface area contributed by atoms with Gasteiger partial charge in [-0.2, -0.15) is 0 Å². The SMILES string of the molecule is CN=C(NCCCOC1CCOCC1)N1CC2CCCCC2C1.I. The smallest absolute Gasteiger partial charge is 0.193 e. The molecule has 3 fully saturated rings.